The predicted molar refractivity (Wildman–Crippen MR) is 168 cm³/mol. The van der Waals surface area contributed by atoms with E-state index in [4.69, 9.17) is 21.1 Å². The molecule has 1 aliphatic carbocycles. The summed E-state index contributed by atoms with van der Waals surface area (Å²) in [6.45, 7) is 5.53. The van der Waals surface area contributed by atoms with E-state index in [1.54, 1.807) is 68.9 Å². The van der Waals surface area contributed by atoms with Gasteiger partial charge < -0.3 is 9.47 Å². The summed E-state index contributed by atoms with van der Waals surface area (Å²) in [6, 6.07) is 20.8. The third-order valence-corrected chi connectivity index (χ3v) is 7.58. The van der Waals surface area contributed by atoms with Crippen molar-refractivity contribution in [2.24, 2.45) is 27.5 Å². The van der Waals surface area contributed by atoms with Crippen LogP contribution in [-0.2, 0) is 9.53 Å². The second kappa shape index (κ2) is 14.9. The first kappa shape index (κ1) is 34.6. The van der Waals surface area contributed by atoms with Crippen molar-refractivity contribution in [3.05, 3.63) is 101 Å². The molecule has 14 heteroatoms. The molecule has 1 fully saturated rings. The maximum atomic E-state index is 12.7. The molecule has 1 N–H and O–H groups in total. The van der Waals surface area contributed by atoms with Crippen molar-refractivity contribution in [2.75, 3.05) is 6.54 Å². The quantitative estimate of drug-likeness (QED) is 0.198. The Morgan fingerprint density at radius 2 is 1.89 bits per heavy atom. The maximum absolute atomic E-state index is 12.7. The van der Waals surface area contributed by atoms with Crippen LogP contribution in [0.2, 0.25) is 0 Å². The number of esters is 1. The van der Waals surface area contributed by atoms with Crippen molar-refractivity contribution in [1.82, 2.24) is 15.4 Å². The Kier molecular flexibility index (Phi) is 11.0. The summed E-state index contributed by atoms with van der Waals surface area (Å²) in [7, 11) is 0. The third-order valence-electron chi connectivity index (χ3n) is 7.24. The lowest BCUT2D eigenvalue weighted by molar-refractivity contribution is -0.149. The van der Waals surface area contributed by atoms with Crippen molar-refractivity contribution in [1.29, 1.82) is 5.26 Å². The fraction of sp³-hybridized carbons (Fsp3) is 0.273. The van der Waals surface area contributed by atoms with Crippen molar-refractivity contribution in [3.8, 4) is 17.6 Å². The van der Waals surface area contributed by atoms with E-state index < -0.39 is 40.5 Å². The standard InChI is InChI=1S/C23H19ClF3NO3.C10H11N5O/c1-22(2)17(12-19(24)23(25,26)27)20(22)21(29)31-18(13-28)14-7-6-10-16(11-14)30-15-8-4-3-5-9-15;1-8-7-15(10(16)14-13-8)12-6-9-3-2-4-11-5-9/h3-12,17-18,20H,1-2H3;2-6H,7H2,1H3,(H,14,16)/b19-12-;12-6+/t17-,18?,20-;/m0./s1. The highest BCUT2D eigenvalue weighted by atomic mass is 35.5. The number of carbonyl (C=O) groups excluding carboxylic acids is 2. The number of amides is 2. The number of nitrogens with one attached hydrogen (secondary N) is 1. The molecular formula is C33H30ClF3N6O4. The number of alkyl halides is 3. The smallest absolute Gasteiger partial charge is 0.426 e. The van der Waals surface area contributed by atoms with Gasteiger partial charge in [-0.25, -0.2) is 15.2 Å². The maximum Gasteiger partial charge on any atom is 0.426 e. The van der Waals surface area contributed by atoms with Gasteiger partial charge in [-0.3, -0.25) is 9.78 Å². The molecule has 244 valence electrons. The van der Waals surface area contributed by atoms with Crippen LogP contribution in [-0.4, -0.2) is 46.6 Å². The Morgan fingerprint density at radius 3 is 2.55 bits per heavy atom. The van der Waals surface area contributed by atoms with Crippen LogP contribution in [0.5, 0.6) is 11.5 Å². The van der Waals surface area contributed by atoms with Gasteiger partial charge in [-0.1, -0.05) is 67.9 Å². The monoisotopic (exact) mass is 666 g/mol. The minimum atomic E-state index is -4.68. The van der Waals surface area contributed by atoms with Gasteiger partial charge in [0.1, 0.15) is 22.6 Å². The van der Waals surface area contributed by atoms with Crippen LogP contribution < -0.4 is 10.2 Å². The first-order chi connectivity index (χ1) is 22.3. The van der Waals surface area contributed by atoms with Crippen LogP contribution in [0.1, 0.15) is 38.0 Å². The van der Waals surface area contributed by atoms with Gasteiger partial charge in [0, 0.05) is 23.5 Å². The Labute approximate surface area is 274 Å². The number of nitriles is 1. The summed E-state index contributed by atoms with van der Waals surface area (Å²) in [5.74, 6) is -1.27. The first-order valence-corrected chi connectivity index (χ1v) is 14.6. The zero-order valence-electron chi connectivity index (χ0n) is 25.5. The molecule has 2 amide bonds. The zero-order valence-corrected chi connectivity index (χ0v) is 26.2. The zero-order chi connectivity index (χ0) is 34.2. The van der Waals surface area contributed by atoms with Gasteiger partial charge in [-0.05, 0) is 48.6 Å². The summed E-state index contributed by atoms with van der Waals surface area (Å²) >= 11 is 5.32. The number of hydrogen-bond acceptors (Lipinski definition) is 8. The molecule has 3 aromatic rings. The largest absolute Gasteiger partial charge is 0.457 e. The fourth-order valence-electron chi connectivity index (χ4n) is 4.62. The third kappa shape index (κ3) is 9.40. The molecule has 5 rings (SSSR count). The average Bonchev–Trinajstić information content (AvgIpc) is 3.60. The molecule has 10 nitrogen and oxygen atoms in total. The van der Waals surface area contributed by atoms with E-state index >= 15 is 0 Å². The van der Waals surface area contributed by atoms with Gasteiger partial charge in [0.25, 0.3) is 0 Å². The van der Waals surface area contributed by atoms with Gasteiger partial charge in [0.05, 0.1) is 24.4 Å². The molecule has 0 bridgehead atoms. The van der Waals surface area contributed by atoms with E-state index in [0.29, 0.717) is 23.6 Å². The van der Waals surface area contributed by atoms with Gasteiger partial charge in [-0.2, -0.15) is 28.6 Å². The Morgan fingerprint density at radius 1 is 1.17 bits per heavy atom. The normalized spacial score (nSPS) is 19.4. The molecule has 1 aliphatic heterocycles. The number of allylic oxidation sites excluding steroid dienone is 2. The number of pyridine rings is 1. The molecule has 0 spiro atoms. The lowest BCUT2D eigenvalue weighted by Gasteiger charge is -2.20. The summed E-state index contributed by atoms with van der Waals surface area (Å²) < 4.78 is 49.2. The molecular weight excluding hydrogens is 637 g/mol. The number of ether oxygens (including phenoxy) is 2. The molecule has 0 radical (unpaired) electrons. The fourth-order valence-corrected chi connectivity index (χ4v) is 4.76. The van der Waals surface area contributed by atoms with E-state index in [1.807, 2.05) is 43.3 Å². The predicted octanol–water partition coefficient (Wildman–Crippen LogP) is 7.36. The minimum Gasteiger partial charge on any atom is -0.457 e. The number of hydrogen-bond donors (Lipinski definition) is 1. The van der Waals surface area contributed by atoms with Crippen molar-refractivity contribution in [2.45, 2.75) is 33.1 Å². The minimum absolute atomic E-state index is 0.328. The highest BCUT2D eigenvalue weighted by Gasteiger charge is 2.62. The molecule has 2 aliphatic rings. The van der Waals surface area contributed by atoms with Gasteiger partial charge in [0.2, 0.25) is 6.10 Å². The lowest BCUT2D eigenvalue weighted by atomic mass is 10.1. The Balaban J connectivity index is 0.000000261. The number of aromatic nitrogens is 1. The first-order valence-electron chi connectivity index (χ1n) is 14.2. The number of carbonyl (C=O) groups is 2. The lowest BCUT2D eigenvalue weighted by Crippen LogP contribution is -2.42. The molecule has 2 aromatic carbocycles. The number of hydrazone groups is 2. The van der Waals surface area contributed by atoms with Crippen molar-refractivity contribution in [3.63, 3.8) is 0 Å². The second-order valence-electron chi connectivity index (χ2n) is 11.1. The molecule has 2 heterocycles. The number of halogens is 4. The topological polar surface area (TPSA) is 129 Å². The highest BCUT2D eigenvalue weighted by Crippen LogP contribution is 2.60. The molecule has 0 saturated heterocycles. The van der Waals surface area contributed by atoms with Crippen LogP contribution in [0, 0.1) is 28.6 Å². The van der Waals surface area contributed by atoms with Crippen LogP contribution >= 0.6 is 11.6 Å². The summed E-state index contributed by atoms with van der Waals surface area (Å²) in [5.41, 5.74) is 3.64. The van der Waals surface area contributed by atoms with Gasteiger partial charge >= 0.3 is 18.2 Å². The van der Waals surface area contributed by atoms with Gasteiger partial charge in [0.15, 0.2) is 0 Å². The Bertz CT molecular complexity index is 1710. The van der Waals surface area contributed by atoms with Crippen LogP contribution in [0.15, 0.2) is 100 Å². The number of nitrogens with zero attached hydrogens (tertiary/aromatic N) is 5. The molecule has 1 saturated carbocycles. The van der Waals surface area contributed by atoms with E-state index in [2.05, 4.69) is 20.6 Å². The summed E-state index contributed by atoms with van der Waals surface area (Å²) in [6.07, 6.45) is -0.128. The highest BCUT2D eigenvalue weighted by molar-refractivity contribution is 6.30. The number of para-hydroxylation sites is 1. The van der Waals surface area contributed by atoms with E-state index in [0.717, 1.165) is 17.4 Å². The molecule has 1 unspecified atom stereocenters. The second-order valence-corrected chi connectivity index (χ2v) is 11.5. The van der Waals surface area contributed by atoms with Crippen molar-refractivity contribution >= 4 is 35.5 Å². The number of urea groups is 1. The Hall–Kier alpha value is -5.22. The number of rotatable bonds is 8. The van der Waals surface area contributed by atoms with E-state index in [9.17, 15) is 28.0 Å². The molecule has 1 aromatic heterocycles. The molecule has 47 heavy (non-hydrogen) atoms. The van der Waals surface area contributed by atoms with Crippen LogP contribution in [0.4, 0.5) is 18.0 Å². The average molecular weight is 667 g/mol. The van der Waals surface area contributed by atoms with Crippen LogP contribution in [0.25, 0.3) is 0 Å². The van der Waals surface area contributed by atoms with Gasteiger partial charge in [-0.15, -0.1) is 0 Å². The SMILES string of the molecule is CC1(C)[C@H](C(=O)OC(C#N)c2cccc(Oc3ccccc3)c2)[C@@H]1/C=C(\Cl)C(F)(F)F.CC1=NNC(=O)N(/N=C/c2cccnc2)C1. The van der Waals surface area contributed by atoms with E-state index in [-0.39, 0.29) is 6.03 Å². The van der Waals surface area contributed by atoms with Crippen molar-refractivity contribution < 1.29 is 32.2 Å². The summed E-state index contributed by atoms with van der Waals surface area (Å²) in [4.78, 5) is 27.9. The molecule has 3 atom stereocenters. The summed E-state index contributed by atoms with van der Waals surface area (Å²) in [5, 5.41) is 17.4. The van der Waals surface area contributed by atoms with E-state index in [1.165, 1.54) is 5.01 Å². The number of benzene rings is 2. The van der Waals surface area contributed by atoms with Crippen LogP contribution in [0.3, 0.4) is 0 Å².